The van der Waals surface area contributed by atoms with E-state index < -0.39 is 17.5 Å². The normalized spacial score (nSPS) is 10.3. The number of ether oxygens (including phenoxy) is 2. The first-order valence-electron chi connectivity index (χ1n) is 5.27. The Bertz CT molecular complexity index is 297. The molecule has 0 aliphatic rings. The fraction of sp³-hybridized carbons (Fsp3) is 0.400. The van der Waals surface area contributed by atoms with Crippen molar-refractivity contribution >= 4 is 22.4 Å². The number of hydrogen-bond donors (Lipinski definition) is 3. The van der Waals surface area contributed by atoms with E-state index in [1.807, 2.05) is 0 Å². The van der Waals surface area contributed by atoms with Crippen molar-refractivity contribution in [2.24, 2.45) is 0 Å². The lowest BCUT2D eigenvalue weighted by Gasteiger charge is -2.30. The summed E-state index contributed by atoms with van der Waals surface area (Å²) in [6, 6.07) is 0. The Morgan fingerprint density at radius 1 is 1.22 bits per heavy atom. The summed E-state index contributed by atoms with van der Waals surface area (Å²) < 4.78 is 9.04. The van der Waals surface area contributed by atoms with Crippen molar-refractivity contribution in [3.05, 3.63) is 25.7 Å². The molecule has 0 atom stereocenters. The van der Waals surface area contributed by atoms with Crippen LogP contribution in [0.2, 0.25) is 0 Å². The Kier molecular flexibility index (Phi) is 7.48. The van der Waals surface area contributed by atoms with Gasteiger partial charge in [0.1, 0.15) is 0 Å². The van der Waals surface area contributed by atoms with E-state index in [4.69, 9.17) is 5.11 Å². The van der Waals surface area contributed by atoms with Crippen molar-refractivity contribution in [1.82, 2.24) is 10.6 Å². The van der Waals surface area contributed by atoms with Gasteiger partial charge in [-0.2, -0.15) is 0 Å². The van der Waals surface area contributed by atoms with Crippen molar-refractivity contribution in [2.45, 2.75) is 18.1 Å². The first-order valence-corrected chi connectivity index (χ1v) is 6.27. The van der Waals surface area contributed by atoms with Gasteiger partial charge in [-0.05, 0) is 12.8 Å². The highest BCUT2D eigenvalue weighted by Gasteiger charge is 2.28. The molecule has 2 amide bonds. The number of nitrogens with one attached hydrogen (secondary N) is 2. The lowest BCUT2D eigenvalue weighted by atomic mass is 10.2. The molecule has 0 heterocycles. The van der Waals surface area contributed by atoms with E-state index in [9.17, 15) is 9.59 Å². The standard InChI is InChI=1S/C10H18N2O5Si/c1-3-16-8(14)11-10(18,6-5-7-13)12-9(15)17-4-2/h3-4,13H,1-2,5-7H2,18H3,(H,11,14)(H,12,15). The first-order chi connectivity index (χ1) is 8.47. The monoisotopic (exact) mass is 274 g/mol. The summed E-state index contributed by atoms with van der Waals surface area (Å²) in [4.78, 5) is 22.6. The van der Waals surface area contributed by atoms with Gasteiger partial charge < -0.3 is 25.2 Å². The topological polar surface area (TPSA) is 96.9 Å². The van der Waals surface area contributed by atoms with Crippen LogP contribution in [0.4, 0.5) is 9.59 Å². The van der Waals surface area contributed by atoms with Crippen molar-refractivity contribution in [3.63, 3.8) is 0 Å². The van der Waals surface area contributed by atoms with E-state index in [2.05, 4.69) is 33.3 Å². The number of aliphatic hydroxyl groups is 1. The van der Waals surface area contributed by atoms with Crippen LogP contribution in [0.5, 0.6) is 0 Å². The van der Waals surface area contributed by atoms with E-state index >= 15 is 0 Å². The average Bonchev–Trinajstić information content (AvgIpc) is 2.26. The number of hydrogen-bond acceptors (Lipinski definition) is 5. The van der Waals surface area contributed by atoms with Crippen LogP contribution in [-0.2, 0) is 9.47 Å². The minimum absolute atomic E-state index is 0.0552. The zero-order valence-electron chi connectivity index (χ0n) is 10.3. The average molecular weight is 274 g/mol. The summed E-state index contributed by atoms with van der Waals surface area (Å²) in [5, 5.41) is 12.8. The summed E-state index contributed by atoms with van der Waals surface area (Å²) in [5.74, 6) is 0. The van der Waals surface area contributed by atoms with Gasteiger partial charge >= 0.3 is 12.2 Å². The van der Waals surface area contributed by atoms with Crippen molar-refractivity contribution < 1.29 is 24.2 Å². The zero-order chi connectivity index (χ0) is 14.0. The quantitative estimate of drug-likeness (QED) is 0.331. The van der Waals surface area contributed by atoms with Gasteiger partial charge in [0.2, 0.25) is 0 Å². The Morgan fingerprint density at radius 2 is 1.67 bits per heavy atom. The molecule has 0 saturated heterocycles. The molecule has 0 aliphatic carbocycles. The van der Waals surface area contributed by atoms with Gasteiger partial charge in [0.05, 0.1) is 28.1 Å². The third-order valence-corrected chi connectivity index (χ3v) is 2.97. The molecule has 0 spiro atoms. The molecule has 0 aromatic carbocycles. The Morgan fingerprint density at radius 3 is 2.00 bits per heavy atom. The molecule has 0 bridgehead atoms. The van der Waals surface area contributed by atoms with Crippen molar-refractivity contribution in [1.29, 1.82) is 0 Å². The highest BCUT2D eigenvalue weighted by Crippen LogP contribution is 2.06. The van der Waals surface area contributed by atoms with Crippen molar-refractivity contribution in [3.8, 4) is 0 Å². The lowest BCUT2D eigenvalue weighted by molar-refractivity contribution is 0.156. The summed E-state index contributed by atoms with van der Waals surface area (Å²) in [6.45, 7) is 6.44. The fourth-order valence-corrected chi connectivity index (χ4v) is 2.01. The van der Waals surface area contributed by atoms with E-state index in [0.29, 0.717) is 23.1 Å². The largest absolute Gasteiger partial charge is 0.419 e. The minimum atomic E-state index is -0.969. The molecule has 0 aromatic heterocycles. The van der Waals surface area contributed by atoms with Crippen LogP contribution in [0.1, 0.15) is 12.8 Å². The van der Waals surface area contributed by atoms with Gasteiger partial charge in [-0.25, -0.2) is 9.59 Å². The second kappa shape index (κ2) is 8.31. The van der Waals surface area contributed by atoms with Gasteiger partial charge in [0.15, 0.2) is 0 Å². The fourth-order valence-electron chi connectivity index (χ4n) is 1.25. The summed E-state index contributed by atoms with van der Waals surface area (Å²) in [6.07, 6.45) is 1.24. The molecule has 0 saturated carbocycles. The number of aliphatic hydroxyl groups excluding tert-OH is 1. The third-order valence-electron chi connectivity index (χ3n) is 1.97. The first kappa shape index (κ1) is 16.2. The van der Waals surface area contributed by atoms with Gasteiger partial charge in [-0.1, -0.05) is 13.2 Å². The van der Waals surface area contributed by atoms with Gasteiger partial charge in [-0.3, -0.25) is 0 Å². The maximum atomic E-state index is 11.3. The summed E-state index contributed by atoms with van der Waals surface area (Å²) >= 11 is 0. The van der Waals surface area contributed by atoms with Gasteiger partial charge in [0.25, 0.3) is 0 Å². The van der Waals surface area contributed by atoms with Crippen LogP contribution in [0.3, 0.4) is 0 Å². The molecule has 3 N–H and O–H groups in total. The van der Waals surface area contributed by atoms with Gasteiger partial charge in [0, 0.05) is 6.61 Å². The molecule has 0 unspecified atom stereocenters. The van der Waals surface area contributed by atoms with Crippen LogP contribution < -0.4 is 10.6 Å². The molecular formula is C10H18N2O5Si. The van der Waals surface area contributed by atoms with Gasteiger partial charge in [-0.15, -0.1) is 0 Å². The molecule has 0 aromatic rings. The maximum absolute atomic E-state index is 11.3. The number of amides is 2. The third kappa shape index (κ3) is 6.71. The van der Waals surface area contributed by atoms with Crippen LogP contribution >= 0.6 is 0 Å². The second-order valence-corrected chi connectivity index (χ2v) is 5.26. The van der Waals surface area contributed by atoms with Crippen LogP contribution in [0, 0.1) is 0 Å². The summed E-state index contributed by atoms with van der Waals surface area (Å²) in [5.41, 5.74) is 0. The zero-order valence-corrected chi connectivity index (χ0v) is 12.3. The van der Waals surface area contributed by atoms with E-state index in [0.717, 1.165) is 12.5 Å². The molecule has 0 aliphatic heterocycles. The molecular weight excluding hydrogens is 256 g/mol. The van der Waals surface area contributed by atoms with Crippen LogP contribution in [0.25, 0.3) is 0 Å². The Hall–Kier alpha value is -1.80. The Balaban J connectivity index is 4.58. The van der Waals surface area contributed by atoms with Crippen molar-refractivity contribution in [2.75, 3.05) is 6.61 Å². The SMILES string of the molecule is C=COC(=O)NC([SiH3])(CCCO)NC(=O)OC=C. The number of alkyl carbamates (subject to hydrolysis) is 2. The Labute approximate surface area is 108 Å². The van der Waals surface area contributed by atoms with E-state index in [-0.39, 0.29) is 6.61 Å². The predicted octanol–water partition coefficient (Wildman–Crippen LogP) is -0.483. The molecule has 0 radical (unpaired) electrons. The minimum Gasteiger partial charge on any atom is -0.419 e. The van der Waals surface area contributed by atoms with Crippen LogP contribution in [0.15, 0.2) is 25.7 Å². The molecule has 18 heavy (non-hydrogen) atoms. The van der Waals surface area contributed by atoms with E-state index in [1.54, 1.807) is 0 Å². The second-order valence-electron chi connectivity index (χ2n) is 3.55. The lowest BCUT2D eigenvalue weighted by Crippen LogP contribution is -2.61. The summed E-state index contributed by atoms with van der Waals surface area (Å²) in [7, 11) is 0.389. The highest BCUT2D eigenvalue weighted by molar-refractivity contribution is 6.17. The number of rotatable bonds is 7. The van der Waals surface area contributed by atoms with Crippen LogP contribution in [-0.4, -0.2) is 39.4 Å². The molecule has 102 valence electrons. The maximum Gasteiger partial charge on any atom is 0.413 e. The number of carbonyl (C=O) groups excluding carboxylic acids is 2. The molecule has 8 heteroatoms. The highest BCUT2D eigenvalue weighted by atomic mass is 28.1. The molecule has 0 rings (SSSR count). The smallest absolute Gasteiger partial charge is 0.413 e. The molecule has 7 nitrogen and oxygen atoms in total. The van der Waals surface area contributed by atoms with E-state index in [1.165, 1.54) is 0 Å². The predicted molar refractivity (Wildman–Crippen MR) is 68.6 cm³/mol. The molecule has 0 fully saturated rings. The number of carbonyl (C=O) groups is 2.